The first-order valence-electron chi connectivity index (χ1n) is 12.3. The van der Waals surface area contributed by atoms with Gasteiger partial charge in [-0.3, -0.25) is 0 Å². The van der Waals surface area contributed by atoms with Crippen molar-refractivity contribution < 1.29 is 22.4 Å². The molecule has 0 radical (unpaired) electrons. The van der Waals surface area contributed by atoms with Crippen LogP contribution in [0.15, 0.2) is 97.1 Å². The van der Waals surface area contributed by atoms with Gasteiger partial charge in [-0.1, -0.05) is 0 Å². The zero-order valence-electron chi connectivity index (χ0n) is 19.6. The molecule has 6 bridgehead atoms. The molecule has 4 aromatic rings. The number of ether oxygens (including phenoxy) is 1. The molecule has 36 heavy (non-hydrogen) atoms. The number of fused-ring (bicyclic) bond motifs is 10. The van der Waals surface area contributed by atoms with Crippen molar-refractivity contribution in [1.82, 2.24) is 0 Å². The van der Waals surface area contributed by atoms with Crippen molar-refractivity contribution in [1.29, 1.82) is 0 Å². The number of hydrogen-bond acceptors (Lipinski definition) is 5. The Kier molecular flexibility index (Phi) is 4.50. The molecule has 4 aliphatic rings. The van der Waals surface area contributed by atoms with Crippen molar-refractivity contribution in [3.8, 4) is 11.5 Å². The molecule has 6 heteroatoms. The maximum atomic E-state index is 6.36. The van der Waals surface area contributed by atoms with Crippen LogP contribution in [0.5, 0.6) is 11.5 Å². The van der Waals surface area contributed by atoms with E-state index < -0.39 is 17.6 Å². The Hall–Kier alpha value is -3.69. The normalized spacial score (nSPS) is 17.6. The van der Waals surface area contributed by atoms with Crippen molar-refractivity contribution in [3.63, 3.8) is 0 Å². The van der Waals surface area contributed by atoms with Gasteiger partial charge in [0, 0.05) is 0 Å². The molecule has 0 amide bonds. The summed E-state index contributed by atoms with van der Waals surface area (Å²) in [6.45, 7) is 3.63. The molecule has 0 N–H and O–H groups in total. The number of benzene rings is 4. The Morgan fingerprint density at radius 1 is 0.500 bits per heavy atom. The van der Waals surface area contributed by atoms with E-state index >= 15 is 0 Å². The van der Waals surface area contributed by atoms with Crippen molar-refractivity contribution >= 4 is 31.0 Å². The second-order valence-corrected chi connectivity index (χ2v) is 12.0. The second-order valence-electron chi connectivity index (χ2n) is 9.41. The minimum absolute atomic E-state index is 0.475. The standard InChI is InChI=1S/C30H24N4O.Pt/c1-3-13-29-27(11-1)31-15-16-32-22-34(30-14-4-2-12-28(30)32)20-24-8-6-10-26(18-24)35-25-9-5-7-23(17-25)19-33(29)21-31;/h1-14,17-18H,15-16,19-20H2;. The van der Waals surface area contributed by atoms with E-state index in [1.54, 1.807) is 0 Å². The SMILES string of the molecule is c1cc2cc(c1)Oc1cccc(c1)CN1[C]3=[Pt]=[C]4N(CCN3c3ccccc31)c1ccccc1N4C2. The third kappa shape index (κ3) is 3.12. The summed E-state index contributed by atoms with van der Waals surface area (Å²) in [5.74, 6) is 1.77. The minimum atomic E-state index is -0.475. The van der Waals surface area contributed by atoms with Crippen LogP contribution in [0.1, 0.15) is 11.1 Å². The molecule has 5 nitrogen and oxygen atoms in total. The van der Waals surface area contributed by atoms with Gasteiger partial charge in [-0.05, 0) is 0 Å². The molecule has 4 aromatic carbocycles. The maximum absolute atomic E-state index is 6.36. The predicted octanol–water partition coefficient (Wildman–Crippen LogP) is 5.42. The average molecular weight is 652 g/mol. The fourth-order valence-corrected chi connectivity index (χ4v) is 9.20. The summed E-state index contributed by atoms with van der Waals surface area (Å²) in [6, 6.07) is 34.9. The summed E-state index contributed by atoms with van der Waals surface area (Å²) in [4.78, 5) is 10.3. The molecule has 0 fully saturated rings. The van der Waals surface area contributed by atoms with Gasteiger partial charge in [0.05, 0.1) is 0 Å². The number of rotatable bonds is 0. The van der Waals surface area contributed by atoms with Crippen LogP contribution in [-0.4, -0.2) is 21.4 Å². The quantitative estimate of drug-likeness (QED) is 0.253. The van der Waals surface area contributed by atoms with Crippen LogP contribution in [0.25, 0.3) is 0 Å². The van der Waals surface area contributed by atoms with Crippen molar-refractivity contribution in [2.24, 2.45) is 0 Å². The van der Waals surface area contributed by atoms with Crippen LogP contribution in [0, 0.1) is 0 Å². The Balaban J connectivity index is 1.40. The van der Waals surface area contributed by atoms with Crippen LogP contribution < -0.4 is 24.3 Å². The molecule has 8 rings (SSSR count). The van der Waals surface area contributed by atoms with Gasteiger partial charge < -0.3 is 0 Å². The van der Waals surface area contributed by atoms with Gasteiger partial charge in [0.1, 0.15) is 0 Å². The second kappa shape index (κ2) is 7.91. The fourth-order valence-electron chi connectivity index (χ4n) is 5.55. The third-order valence-electron chi connectivity index (χ3n) is 7.15. The van der Waals surface area contributed by atoms with Gasteiger partial charge in [-0.15, -0.1) is 0 Å². The molecule has 0 saturated carbocycles. The number of nitrogens with zero attached hydrogens (tertiary/aromatic N) is 4. The molecule has 0 saturated heterocycles. The van der Waals surface area contributed by atoms with Gasteiger partial charge in [0.2, 0.25) is 0 Å². The summed E-state index contributed by atoms with van der Waals surface area (Å²) < 4.78 is 9.28. The zero-order chi connectivity index (χ0) is 23.6. The van der Waals surface area contributed by atoms with E-state index in [2.05, 4.69) is 117 Å². The van der Waals surface area contributed by atoms with Crippen molar-refractivity contribution in [3.05, 3.63) is 108 Å². The summed E-state index contributed by atoms with van der Waals surface area (Å²) in [6.07, 6.45) is 0. The number of para-hydroxylation sites is 4. The van der Waals surface area contributed by atoms with Gasteiger partial charge in [0.15, 0.2) is 0 Å². The molecular weight excluding hydrogens is 627 g/mol. The van der Waals surface area contributed by atoms with Crippen LogP contribution in [0.4, 0.5) is 22.7 Å². The Morgan fingerprint density at radius 2 is 0.944 bits per heavy atom. The van der Waals surface area contributed by atoms with E-state index in [0.717, 1.165) is 37.7 Å². The molecule has 0 aliphatic carbocycles. The van der Waals surface area contributed by atoms with Gasteiger partial charge in [-0.2, -0.15) is 0 Å². The van der Waals surface area contributed by atoms with Crippen molar-refractivity contribution in [2.75, 3.05) is 32.7 Å². The molecule has 0 unspecified atom stereocenters. The van der Waals surface area contributed by atoms with Crippen molar-refractivity contribution in [2.45, 2.75) is 13.1 Å². The first kappa shape index (κ1) is 20.5. The van der Waals surface area contributed by atoms with E-state index in [1.807, 2.05) is 0 Å². The van der Waals surface area contributed by atoms with Crippen LogP contribution in [-0.2, 0) is 30.7 Å². The first-order chi connectivity index (χ1) is 17.8. The molecular formula is C30H24N4OPt. The van der Waals surface area contributed by atoms with E-state index in [0.29, 0.717) is 0 Å². The topological polar surface area (TPSA) is 22.2 Å². The summed E-state index contributed by atoms with van der Waals surface area (Å²) >= 11 is -0.475. The van der Waals surface area contributed by atoms with Gasteiger partial charge >= 0.3 is 219 Å². The predicted molar refractivity (Wildman–Crippen MR) is 143 cm³/mol. The molecule has 0 spiro atoms. The summed E-state index contributed by atoms with van der Waals surface area (Å²) in [5.41, 5.74) is 7.80. The Morgan fingerprint density at radius 3 is 1.42 bits per heavy atom. The van der Waals surface area contributed by atoms with Gasteiger partial charge in [-0.25, -0.2) is 0 Å². The molecule has 4 aliphatic heterocycles. The summed E-state index contributed by atoms with van der Waals surface area (Å²) in [5, 5.41) is 0. The Labute approximate surface area is 218 Å². The molecule has 180 valence electrons. The molecule has 0 aromatic heterocycles. The molecule has 4 heterocycles. The van der Waals surface area contributed by atoms with E-state index in [9.17, 15) is 0 Å². The fraction of sp³-hybridized carbons (Fsp3) is 0.133. The molecule has 0 atom stereocenters. The zero-order valence-corrected chi connectivity index (χ0v) is 21.9. The van der Waals surface area contributed by atoms with Crippen LogP contribution in [0.3, 0.4) is 0 Å². The Bertz CT molecular complexity index is 1490. The summed E-state index contributed by atoms with van der Waals surface area (Å²) in [7, 11) is 0. The first-order valence-corrected chi connectivity index (χ1v) is 14.6. The van der Waals surface area contributed by atoms with Crippen LogP contribution >= 0.6 is 0 Å². The monoisotopic (exact) mass is 651 g/mol. The van der Waals surface area contributed by atoms with Gasteiger partial charge in [0.25, 0.3) is 0 Å². The van der Waals surface area contributed by atoms with E-state index in [-0.39, 0.29) is 0 Å². The average Bonchev–Trinajstić information content (AvgIpc) is 3.25. The number of hydrogen-bond donors (Lipinski definition) is 0. The third-order valence-corrected chi connectivity index (χ3v) is 10.6. The number of anilines is 4. The van der Waals surface area contributed by atoms with E-state index in [1.165, 1.54) is 42.2 Å². The van der Waals surface area contributed by atoms with Crippen LogP contribution in [0.2, 0.25) is 0 Å². The van der Waals surface area contributed by atoms with E-state index in [4.69, 9.17) is 4.74 Å².